The van der Waals surface area contributed by atoms with Crippen LogP contribution in [0.25, 0.3) is 11.3 Å². The van der Waals surface area contributed by atoms with Crippen molar-refractivity contribution in [2.24, 2.45) is 0 Å². The van der Waals surface area contributed by atoms with Gasteiger partial charge in [-0.2, -0.15) is 4.31 Å². The Hall–Kier alpha value is -2.46. The number of thiazole rings is 1. The molecule has 4 rings (SSSR count). The molecule has 1 atom stereocenters. The lowest BCUT2D eigenvalue weighted by Crippen LogP contribution is -2.43. The fourth-order valence-corrected chi connectivity index (χ4v) is 6.13. The predicted octanol–water partition coefficient (Wildman–Crippen LogP) is 5.04. The van der Waals surface area contributed by atoms with Crippen LogP contribution in [-0.2, 0) is 14.8 Å². The molecule has 1 N–H and O–H groups in total. The second kappa shape index (κ2) is 10.2. The van der Waals surface area contributed by atoms with E-state index in [2.05, 4.69) is 17.2 Å². The molecule has 2 heterocycles. The van der Waals surface area contributed by atoms with Crippen LogP contribution in [0.5, 0.6) is 5.75 Å². The van der Waals surface area contributed by atoms with E-state index in [4.69, 9.17) is 16.3 Å². The highest BCUT2D eigenvalue weighted by molar-refractivity contribution is 7.89. The molecule has 1 aliphatic rings. The molecule has 1 fully saturated rings. The maximum atomic E-state index is 13.1. The zero-order valence-electron chi connectivity index (χ0n) is 18.0. The van der Waals surface area contributed by atoms with Crippen LogP contribution in [-0.4, -0.2) is 42.8 Å². The first-order valence-corrected chi connectivity index (χ1v) is 13.4. The van der Waals surface area contributed by atoms with Gasteiger partial charge in [-0.3, -0.25) is 4.79 Å². The fourth-order valence-electron chi connectivity index (χ4n) is 3.63. The van der Waals surface area contributed by atoms with Crippen LogP contribution in [0.2, 0.25) is 5.02 Å². The lowest BCUT2D eigenvalue weighted by Gasteiger charge is -2.23. The molecular weight excluding hydrogens is 482 g/mol. The van der Waals surface area contributed by atoms with Crippen molar-refractivity contribution >= 4 is 44.0 Å². The molecule has 174 valence electrons. The van der Waals surface area contributed by atoms with Crippen LogP contribution in [0.4, 0.5) is 5.13 Å². The number of nitrogens with one attached hydrogen (secondary N) is 1. The Bertz CT molecular complexity index is 1210. The highest BCUT2D eigenvalue weighted by Crippen LogP contribution is 2.30. The molecular formula is C23H24ClN3O4S2. The van der Waals surface area contributed by atoms with Crippen LogP contribution < -0.4 is 10.1 Å². The van der Waals surface area contributed by atoms with Gasteiger partial charge in [0.25, 0.3) is 0 Å². The normalized spacial score (nSPS) is 16.6. The summed E-state index contributed by atoms with van der Waals surface area (Å²) in [5, 5.41) is 5.53. The lowest BCUT2D eigenvalue weighted by atomic mass is 10.2. The number of aromatic nitrogens is 1. The Morgan fingerprint density at radius 1 is 1.21 bits per heavy atom. The topological polar surface area (TPSA) is 88.6 Å². The summed E-state index contributed by atoms with van der Waals surface area (Å²) in [5.74, 6) is 0.418. The van der Waals surface area contributed by atoms with E-state index in [-0.39, 0.29) is 10.8 Å². The summed E-state index contributed by atoms with van der Waals surface area (Å²) in [5.41, 5.74) is 1.64. The SMILES string of the molecule is CCCOc1ccc(-c2csc(NC(=O)C3CCCN3S(=O)(=O)c3ccc(Cl)cc3)n2)cc1. The third-order valence-electron chi connectivity index (χ3n) is 5.28. The third kappa shape index (κ3) is 5.38. The summed E-state index contributed by atoms with van der Waals surface area (Å²) in [4.78, 5) is 17.6. The molecule has 7 nitrogen and oxygen atoms in total. The first-order chi connectivity index (χ1) is 15.9. The minimum atomic E-state index is -3.81. The van der Waals surface area contributed by atoms with Crippen molar-refractivity contribution in [3.63, 3.8) is 0 Å². The van der Waals surface area contributed by atoms with Crippen molar-refractivity contribution in [1.82, 2.24) is 9.29 Å². The molecule has 1 saturated heterocycles. The molecule has 1 aromatic heterocycles. The van der Waals surface area contributed by atoms with Gasteiger partial charge in [-0.15, -0.1) is 11.3 Å². The van der Waals surface area contributed by atoms with Gasteiger partial charge in [-0.25, -0.2) is 13.4 Å². The van der Waals surface area contributed by atoms with Crippen molar-refractivity contribution in [2.75, 3.05) is 18.5 Å². The van der Waals surface area contributed by atoms with Gasteiger partial charge in [-0.05, 0) is 67.8 Å². The number of benzene rings is 2. The quantitative estimate of drug-likeness (QED) is 0.463. The monoisotopic (exact) mass is 505 g/mol. The molecule has 1 unspecified atom stereocenters. The molecule has 2 aromatic carbocycles. The zero-order chi connectivity index (χ0) is 23.4. The minimum absolute atomic E-state index is 0.120. The number of amides is 1. The number of halogens is 1. The molecule has 0 saturated carbocycles. The van der Waals surface area contributed by atoms with E-state index in [0.717, 1.165) is 23.4 Å². The number of sulfonamides is 1. The average Bonchev–Trinajstić information content (AvgIpc) is 3.49. The summed E-state index contributed by atoms with van der Waals surface area (Å²) in [6, 6.07) is 12.8. The molecule has 0 radical (unpaired) electrons. The first kappa shape index (κ1) is 23.7. The summed E-state index contributed by atoms with van der Waals surface area (Å²) in [6.45, 7) is 3.01. The Morgan fingerprint density at radius 3 is 2.64 bits per heavy atom. The van der Waals surface area contributed by atoms with Crippen molar-refractivity contribution in [1.29, 1.82) is 0 Å². The number of hydrogen-bond donors (Lipinski definition) is 1. The Kier molecular flexibility index (Phi) is 7.33. The number of anilines is 1. The fraction of sp³-hybridized carbons (Fsp3) is 0.304. The maximum absolute atomic E-state index is 13.1. The Morgan fingerprint density at radius 2 is 1.94 bits per heavy atom. The Balaban J connectivity index is 1.45. The van der Waals surface area contributed by atoms with Crippen LogP contribution >= 0.6 is 22.9 Å². The average molecular weight is 506 g/mol. The number of rotatable bonds is 8. The van der Waals surface area contributed by atoms with Gasteiger partial charge in [0.15, 0.2) is 5.13 Å². The van der Waals surface area contributed by atoms with E-state index < -0.39 is 16.1 Å². The van der Waals surface area contributed by atoms with Gasteiger partial charge < -0.3 is 10.1 Å². The van der Waals surface area contributed by atoms with Crippen molar-refractivity contribution < 1.29 is 17.9 Å². The highest BCUT2D eigenvalue weighted by atomic mass is 35.5. The van der Waals surface area contributed by atoms with Crippen LogP contribution in [0.3, 0.4) is 0 Å². The van der Waals surface area contributed by atoms with E-state index in [0.29, 0.717) is 36.1 Å². The molecule has 3 aromatic rings. The second-order valence-corrected chi connectivity index (χ2v) is 10.8. The van der Waals surface area contributed by atoms with Gasteiger partial charge in [0.05, 0.1) is 17.2 Å². The number of hydrogen-bond acceptors (Lipinski definition) is 6. The maximum Gasteiger partial charge on any atom is 0.244 e. The summed E-state index contributed by atoms with van der Waals surface area (Å²) in [6.07, 6.45) is 2.01. The molecule has 33 heavy (non-hydrogen) atoms. The van der Waals surface area contributed by atoms with Crippen molar-refractivity contribution in [3.05, 3.63) is 58.9 Å². The molecule has 0 spiro atoms. The van der Waals surface area contributed by atoms with E-state index in [1.807, 2.05) is 29.6 Å². The molecule has 0 bridgehead atoms. The number of ether oxygens (including phenoxy) is 1. The van der Waals surface area contributed by atoms with Gasteiger partial charge in [0.1, 0.15) is 11.8 Å². The van der Waals surface area contributed by atoms with E-state index in [9.17, 15) is 13.2 Å². The predicted molar refractivity (Wildman–Crippen MR) is 130 cm³/mol. The van der Waals surface area contributed by atoms with Gasteiger partial charge in [0.2, 0.25) is 15.9 Å². The van der Waals surface area contributed by atoms with Gasteiger partial charge in [0, 0.05) is 22.5 Å². The van der Waals surface area contributed by atoms with E-state index in [1.54, 1.807) is 0 Å². The van der Waals surface area contributed by atoms with Crippen molar-refractivity contribution in [2.45, 2.75) is 37.1 Å². The van der Waals surface area contributed by atoms with Crippen LogP contribution in [0.1, 0.15) is 26.2 Å². The first-order valence-electron chi connectivity index (χ1n) is 10.7. The summed E-state index contributed by atoms with van der Waals surface area (Å²) >= 11 is 7.18. The zero-order valence-corrected chi connectivity index (χ0v) is 20.4. The summed E-state index contributed by atoms with van der Waals surface area (Å²) < 4.78 is 33.0. The lowest BCUT2D eigenvalue weighted by molar-refractivity contribution is -0.119. The molecule has 1 aliphatic heterocycles. The highest BCUT2D eigenvalue weighted by Gasteiger charge is 2.39. The molecule has 10 heteroatoms. The largest absolute Gasteiger partial charge is 0.494 e. The second-order valence-electron chi connectivity index (χ2n) is 7.63. The van der Waals surface area contributed by atoms with Crippen LogP contribution in [0.15, 0.2) is 58.8 Å². The summed E-state index contributed by atoms with van der Waals surface area (Å²) in [7, 11) is -3.81. The van der Waals surface area contributed by atoms with E-state index in [1.165, 1.54) is 39.9 Å². The smallest absolute Gasteiger partial charge is 0.244 e. The number of carbonyl (C=O) groups excluding carboxylic acids is 1. The minimum Gasteiger partial charge on any atom is -0.494 e. The van der Waals surface area contributed by atoms with Gasteiger partial charge >= 0.3 is 0 Å². The third-order valence-corrected chi connectivity index (χ3v) is 8.22. The Labute approximate surface area is 202 Å². The molecule has 0 aliphatic carbocycles. The van der Waals surface area contributed by atoms with Crippen molar-refractivity contribution in [3.8, 4) is 17.0 Å². The molecule has 1 amide bonds. The number of carbonyl (C=O) groups is 1. The number of nitrogens with zero attached hydrogens (tertiary/aromatic N) is 2. The standard InChI is InChI=1S/C23H24ClN3O4S2/c1-2-14-31-18-9-5-16(6-10-18)20-15-32-23(25-20)26-22(28)21-4-3-13-27(21)33(29,30)19-11-7-17(24)8-12-19/h5-12,15,21H,2-4,13-14H2,1H3,(H,25,26,28). The van der Waals surface area contributed by atoms with Crippen LogP contribution in [0, 0.1) is 0 Å². The van der Waals surface area contributed by atoms with Gasteiger partial charge in [-0.1, -0.05) is 18.5 Å². The van der Waals surface area contributed by atoms with E-state index >= 15 is 0 Å².